The van der Waals surface area contributed by atoms with Gasteiger partial charge in [0.05, 0.1) is 16.8 Å². The van der Waals surface area contributed by atoms with Crippen LogP contribution in [0.1, 0.15) is 6.42 Å². The number of urea groups is 1. The lowest BCUT2D eigenvalue weighted by Gasteiger charge is -2.09. The lowest BCUT2D eigenvalue weighted by molar-refractivity contribution is 0.185. The van der Waals surface area contributed by atoms with Gasteiger partial charge >= 0.3 is 6.03 Å². The van der Waals surface area contributed by atoms with Crippen molar-refractivity contribution in [2.75, 3.05) is 25.1 Å². The number of benzene rings is 1. The molecule has 1 aliphatic rings. The third-order valence-corrected chi connectivity index (χ3v) is 4.04. The first-order chi connectivity index (χ1) is 9.31. The number of thiazole rings is 1. The maximum atomic E-state index is 11.7. The van der Waals surface area contributed by atoms with Gasteiger partial charge in [-0.05, 0) is 18.6 Å². The van der Waals surface area contributed by atoms with Gasteiger partial charge in [0.1, 0.15) is 0 Å². The molecule has 1 saturated heterocycles. The van der Waals surface area contributed by atoms with E-state index in [9.17, 15) is 4.79 Å². The highest BCUT2D eigenvalue weighted by molar-refractivity contribution is 7.22. The molecule has 1 fully saturated rings. The first-order valence-electron chi connectivity index (χ1n) is 6.29. The maximum absolute atomic E-state index is 11.7. The van der Waals surface area contributed by atoms with E-state index in [4.69, 9.17) is 4.74 Å². The number of carbonyl (C=O) groups is 1. The number of fused-ring (bicyclic) bond motifs is 1. The van der Waals surface area contributed by atoms with E-state index in [-0.39, 0.29) is 6.03 Å². The number of amides is 2. The molecule has 5 nitrogen and oxygen atoms in total. The highest BCUT2D eigenvalue weighted by Gasteiger charge is 2.16. The van der Waals surface area contributed by atoms with E-state index in [0.29, 0.717) is 17.6 Å². The SMILES string of the molecule is O=C(NCC1CCOC1)Nc1nc2ccccc2s1. The number of carbonyl (C=O) groups excluding carboxylic acids is 1. The van der Waals surface area contributed by atoms with E-state index in [1.165, 1.54) is 11.3 Å². The Kier molecular flexibility index (Phi) is 3.61. The molecule has 6 heteroatoms. The quantitative estimate of drug-likeness (QED) is 0.906. The molecule has 2 amide bonds. The largest absolute Gasteiger partial charge is 0.381 e. The summed E-state index contributed by atoms with van der Waals surface area (Å²) >= 11 is 1.48. The second kappa shape index (κ2) is 5.54. The minimum Gasteiger partial charge on any atom is -0.381 e. The molecule has 0 radical (unpaired) electrons. The Balaban J connectivity index is 1.56. The smallest absolute Gasteiger partial charge is 0.321 e. The maximum Gasteiger partial charge on any atom is 0.321 e. The van der Waals surface area contributed by atoms with Crippen molar-refractivity contribution >= 4 is 32.7 Å². The zero-order chi connectivity index (χ0) is 13.1. The summed E-state index contributed by atoms with van der Waals surface area (Å²) in [6, 6.07) is 7.62. The molecule has 100 valence electrons. The van der Waals surface area contributed by atoms with Crippen molar-refractivity contribution in [3.63, 3.8) is 0 Å². The fourth-order valence-electron chi connectivity index (χ4n) is 2.05. The van der Waals surface area contributed by atoms with Crippen LogP contribution in [0, 0.1) is 5.92 Å². The number of aromatic nitrogens is 1. The summed E-state index contributed by atoms with van der Waals surface area (Å²) in [5.74, 6) is 0.432. The molecule has 3 rings (SSSR count). The topological polar surface area (TPSA) is 63.2 Å². The molecule has 2 heterocycles. The molecule has 2 aromatic rings. The van der Waals surface area contributed by atoms with Crippen molar-refractivity contribution < 1.29 is 9.53 Å². The van der Waals surface area contributed by atoms with Gasteiger partial charge in [-0.2, -0.15) is 0 Å². The number of hydrogen-bond acceptors (Lipinski definition) is 4. The standard InChI is InChI=1S/C13H15N3O2S/c17-12(14-7-9-5-6-18-8-9)16-13-15-10-3-1-2-4-11(10)19-13/h1-4,9H,5-8H2,(H2,14,15,16,17). The average molecular weight is 277 g/mol. The van der Waals surface area contributed by atoms with E-state index in [1.807, 2.05) is 24.3 Å². The first kappa shape index (κ1) is 12.4. The van der Waals surface area contributed by atoms with Crippen LogP contribution in [0.4, 0.5) is 9.93 Å². The van der Waals surface area contributed by atoms with E-state index in [0.717, 1.165) is 29.9 Å². The minimum absolute atomic E-state index is 0.203. The zero-order valence-electron chi connectivity index (χ0n) is 10.4. The normalized spacial score (nSPS) is 18.6. The summed E-state index contributed by atoms with van der Waals surface area (Å²) in [5.41, 5.74) is 0.909. The van der Waals surface area contributed by atoms with Gasteiger partial charge in [0.2, 0.25) is 0 Å². The Morgan fingerprint density at radius 2 is 2.37 bits per heavy atom. The second-order valence-corrected chi connectivity index (χ2v) is 5.58. The van der Waals surface area contributed by atoms with Crippen molar-refractivity contribution in [3.8, 4) is 0 Å². The Bertz CT molecular complexity index is 545. The van der Waals surface area contributed by atoms with Crippen molar-refractivity contribution in [3.05, 3.63) is 24.3 Å². The van der Waals surface area contributed by atoms with Gasteiger partial charge in [0.15, 0.2) is 5.13 Å². The Morgan fingerprint density at radius 3 is 3.16 bits per heavy atom. The molecular weight excluding hydrogens is 262 g/mol. The second-order valence-electron chi connectivity index (χ2n) is 4.55. The van der Waals surface area contributed by atoms with Crippen LogP contribution in [0.2, 0.25) is 0 Å². The van der Waals surface area contributed by atoms with E-state index < -0.39 is 0 Å². The van der Waals surface area contributed by atoms with Crippen LogP contribution in [0.3, 0.4) is 0 Å². The van der Waals surface area contributed by atoms with Crippen molar-refractivity contribution in [2.45, 2.75) is 6.42 Å². The van der Waals surface area contributed by atoms with Crippen LogP contribution in [-0.2, 0) is 4.74 Å². The van der Waals surface area contributed by atoms with Crippen LogP contribution < -0.4 is 10.6 Å². The molecule has 19 heavy (non-hydrogen) atoms. The molecule has 0 aliphatic carbocycles. The third kappa shape index (κ3) is 3.02. The number of para-hydroxylation sites is 1. The zero-order valence-corrected chi connectivity index (χ0v) is 11.2. The summed E-state index contributed by atoms with van der Waals surface area (Å²) in [6.45, 7) is 2.18. The summed E-state index contributed by atoms with van der Waals surface area (Å²) < 4.78 is 6.34. The fourth-order valence-corrected chi connectivity index (χ4v) is 2.91. The van der Waals surface area contributed by atoms with E-state index in [1.54, 1.807) is 0 Å². The van der Waals surface area contributed by atoms with Crippen LogP contribution in [-0.4, -0.2) is 30.8 Å². The highest BCUT2D eigenvalue weighted by atomic mass is 32.1. The molecule has 0 saturated carbocycles. The number of rotatable bonds is 3. The third-order valence-electron chi connectivity index (χ3n) is 3.09. The molecule has 0 spiro atoms. The number of nitrogens with one attached hydrogen (secondary N) is 2. The summed E-state index contributed by atoms with van der Waals surface area (Å²) in [7, 11) is 0. The van der Waals surface area contributed by atoms with Crippen LogP contribution in [0.15, 0.2) is 24.3 Å². The summed E-state index contributed by atoms with van der Waals surface area (Å²) in [6.07, 6.45) is 1.02. The van der Waals surface area contributed by atoms with Gasteiger partial charge in [-0.25, -0.2) is 9.78 Å². The molecule has 1 atom stereocenters. The molecule has 1 unspecified atom stereocenters. The predicted molar refractivity (Wildman–Crippen MR) is 75.6 cm³/mol. The van der Waals surface area contributed by atoms with Gasteiger partial charge < -0.3 is 10.1 Å². The van der Waals surface area contributed by atoms with Crippen LogP contribution in [0.5, 0.6) is 0 Å². The van der Waals surface area contributed by atoms with Gasteiger partial charge in [0.25, 0.3) is 0 Å². The Morgan fingerprint density at radius 1 is 1.47 bits per heavy atom. The average Bonchev–Trinajstić information content (AvgIpc) is 3.04. The molecule has 1 aliphatic heterocycles. The molecular formula is C13H15N3O2S. The van der Waals surface area contributed by atoms with E-state index in [2.05, 4.69) is 15.6 Å². The molecule has 2 N–H and O–H groups in total. The van der Waals surface area contributed by atoms with Gasteiger partial charge in [-0.1, -0.05) is 23.5 Å². The minimum atomic E-state index is -0.203. The Hall–Kier alpha value is -1.66. The van der Waals surface area contributed by atoms with Crippen molar-refractivity contribution in [1.82, 2.24) is 10.3 Å². The molecule has 1 aromatic heterocycles. The van der Waals surface area contributed by atoms with Gasteiger partial charge in [-0.3, -0.25) is 5.32 Å². The number of hydrogen-bond donors (Lipinski definition) is 2. The highest BCUT2D eigenvalue weighted by Crippen LogP contribution is 2.25. The van der Waals surface area contributed by atoms with Gasteiger partial charge in [-0.15, -0.1) is 0 Å². The lowest BCUT2D eigenvalue weighted by Crippen LogP contribution is -2.33. The monoisotopic (exact) mass is 277 g/mol. The lowest BCUT2D eigenvalue weighted by atomic mass is 10.1. The van der Waals surface area contributed by atoms with Gasteiger partial charge in [0, 0.05) is 19.1 Å². The fraction of sp³-hybridized carbons (Fsp3) is 0.385. The van der Waals surface area contributed by atoms with Crippen molar-refractivity contribution in [1.29, 1.82) is 0 Å². The molecule has 0 bridgehead atoms. The first-order valence-corrected chi connectivity index (χ1v) is 7.11. The predicted octanol–water partition coefficient (Wildman–Crippen LogP) is 2.45. The van der Waals surface area contributed by atoms with E-state index >= 15 is 0 Å². The number of nitrogens with zero attached hydrogens (tertiary/aromatic N) is 1. The van der Waals surface area contributed by atoms with Crippen molar-refractivity contribution in [2.24, 2.45) is 5.92 Å². The number of anilines is 1. The summed E-state index contributed by atoms with van der Waals surface area (Å²) in [4.78, 5) is 16.1. The van der Waals surface area contributed by atoms with Crippen LogP contribution >= 0.6 is 11.3 Å². The molecule has 1 aromatic carbocycles. The summed E-state index contributed by atoms with van der Waals surface area (Å²) in [5, 5.41) is 6.25. The van der Waals surface area contributed by atoms with Crippen LogP contribution in [0.25, 0.3) is 10.2 Å². The Labute approximate surface area is 115 Å². The number of ether oxygens (including phenoxy) is 1.